The van der Waals surface area contributed by atoms with Crippen molar-refractivity contribution in [3.8, 4) is 11.1 Å². The summed E-state index contributed by atoms with van der Waals surface area (Å²) in [6, 6.07) is 18.7. The van der Waals surface area contributed by atoms with Gasteiger partial charge in [-0.2, -0.15) is 13.2 Å². The van der Waals surface area contributed by atoms with Crippen LogP contribution in [0.5, 0.6) is 0 Å². The summed E-state index contributed by atoms with van der Waals surface area (Å²) in [4.78, 5) is 25.0. The summed E-state index contributed by atoms with van der Waals surface area (Å²) in [5, 5.41) is 2.65. The van der Waals surface area contributed by atoms with Crippen LogP contribution in [0.1, 0.15) is 28.2 Å². The molecular formula is C24H19F3N2O2. The molecule has 158 valence electrons. The van der Waals surface area contributed by atoms with Crippen molar-refractivity contribution in [1.82, 2.24) is 5.32 Å². The van der Waals surface area contributed by atoms with Crippen LogP contribution in [0.3, 0.4) is 0 Å². The van der Waals surface area contributed by atoms with Gasteiger partial charge >= 0.3 is 6.18 Å². The molecule has 0 unspecified atom stereocenters. The maximum absolute atomic E-state index is 12.9. The Balaban J connectivity index is 1.61. The minimum Gasteiger partial charge on any atom is -0.368 e. The predicted molar refractivity (Wildman–Crippen MR) is 110 cm³/mol. The second-order valence-electron chi connectivity index (χ2n) is 7.47. The quantitative estimate of drug-likeness (QED) is 0.649. The molecule has 31 heavy (non-hydrogen) atoms. The van der Waals surface area contributed by atoms with E-state index in [1.54, 1.807) is 0 Å². The fourth-order valence-corrected chi connectivity index (χ4v) is 4.14. The van der Waals surface area contributed by atoms with Crippen LogP contribution >= 0.6 is 0 Å². The number of hydrogen-bond donors (Lipinski definition) is 2. The first-order chi connectivity index (χ1) is 14.8. The number of carbonyl (C=O) groups is 2. The van der Waals surface area contributed by atoms with Gasteiger partial charge in [-0.25, -0.2) is 0 Å². The number of fused-ring (bicyclic) bond motifs is 3. The fraction of sp³-hybridized carbons (Fsp3) is 0.167. The van der Waals surface area contributed by atoms with Crippen LogP contribution < -0.4 is 11.1 Å². The normalized spacial score (nSPS) is 13.9. The van der Waals surface area contributed by atoms with Crippen molar-refractivity contribution in [2.75, 3.05) is 0 Å². The summed E-state index contributed by atoms with van der Waals surface area (Å²) in [5.74, 6) is -1.77. The Labute approximate surface area is 176 Å². The second kappa shape index (κ2) is 7.91. The molecule has 4 nitrogen and oxygen atoms in total. The van der Waals surface area contributed by atoms with E-state index >= 15 is 0 Å². The van der Waals surface area contributed by atoms with Gasteiger partial charge in [0.1, 0.15) is 6.04 Å². The number of benzene rings is 3. The molecule has 0 bridgehead atoms. The van der Waals surface area contributed by atoms with Crippen LogP contribution in [0.2, 0.25) is 0 Å². The zero-order chi connectivity index (χ0) is 22.2. The van der Waals surface area contributed by atoms with E-state index in [1.165, 1.54) is 12.1 Å². The summed E-state index contributed by atoms with van der Waals surface area (Å²) in [5.41, 5.74) is 8.67. The van der Waals surface area contributed by atoms with Gasteiger partial charge in [-0.15, -0.1) is 0 Å². The molecule has 0 saturated carbocycles. The Hall–Kier alpha value is -3.61. The third-order valence-corrected chi connectivity index (χ3v) is 5.46. The molecule has 1 atom stereocenters. The number of carbonyl (C=O) groups excluding carboxylic acids is 2. The van der Waals surface area contributed by atoms with E-state index in [0.717, 1.165) is 34.4 Å². The van der Waals surface area contributed by atoms with Gasteiger partial charge in [0, 0.05) is 5.92 Å². The van der Waals surface area contributed by atoms with Crippen LogP contribution in [-0.4, -0.2) is 17.9 Å². The highest BCUT2D eigenvalue weighted by atomic mass is 19.4. The summed E-state index contributed by atoms with van der Waals surface area (Å²) in [6.07, 6.45) is -4.80. The molecular weight excluding hydrogens is 405 g/mol. The third-order valence-electron chi connectivity index (χ3n) is 5.46. The van der Waals surface area contributed by atoms with Crippen LogP contribution in [0.4, 0.5) is 13.2 Å². The SMILES string of the molecule is NC(=O)[C@H](NC(=O)Cc1cccc(C(F)(F)F)c1)C1c2ccccc2-c2ccccc21. The van der Waals surface area contributed by atoms with E-state index in [1.807, 2.05) is 48.5 Å². The molecule has 0 aromatic heterocycles. The molecule has 0 fully saturated rings. The molecule has 3 aromatic carbocycles. The van der Waals surface area contributed by atoms with Crippen LogP contribution in [0, 0.1) is 0 Å². The number of alkyl halides is 3. The molecule has 3 N–H and O–H groups in total. The predicted octanol–water partition coefficient (Wildman–Crippen LogP) is 4.03. The first kappa shape index (κ1) is 20.7. The van der Waals surface area contributed by atoms with Gasteiger partial charge < -0.3 is 11.1 Å². The number of hydrogen-bond acceptors (Lipinski definition) is 2. The Morgan fingerprint density at radius 2 is 1.48 bits per heavy atom. The number of halogens is 3. The van der Waals surface area contributed by atoms with E-state index in [9.17, 15) is 22.8 Å². The third kappa shape index (κ3) is 4.03. The molecule has 0 radical (unpaired) electrons. The molecule has 3 aromatic rings. The van der Waals surface area contributed by atoms with E-state index in [2.05, 4.69) is 5.32 Å². The van der Waals surface area contributed by atoms with Crippen molar-refractivity contribution >= 4 is 11.8 Å². The smallest absolute Gasteiger partial charge is 0.368 e. The van der Waals surface area contributed by atoms with Crippen molar-refractivity contribution in [3.63, 3.8) is 0 Å². The second-order valence-corrected chi connectivity index (χ2v) is 7.47. The van der Waals surface area contributed by atoms with E-state index in [-0.39, 0.29) is 12.0 Å². The van der Waals surface area contributed by atoms with E-state index in [4.69, 9.17) is 5.73 Å². The van der Waals surface area contributed by atoms with Crippen LogP contribution in [0.25, 0.3) is 11.1 Å². The topological polar surface area (TPSA) is 72.2 Å². The standard InChI is InChI=1S/C24H19F3N2O2/c25-24(26,27)15-7-5-6-14(12-15)13-20(30)29-22(23(28)31)21-18-10-3-1-8-16(18)17-9-2-4-11-19(17)21/h1-12,21-22H,13H2,(H2,28,31)(H,29,30)/t22-/m1/s1. The highest BCUT2D eigenvalue weighted by molar-refractivity contribution is 5.91. The first-order valence-electron chi connectivity index (χ1n) is 9.69. The summed E-state index contributed by atoms with van der Waals surface area (Å²) in [6.45, 7) is 0. The van der Waals surface area contributed by atoms with Crippen LogP contribution in [-0.2, 0) is 22.2 Å². The summed E-state index contributed by atoms with van der Waals surface area (Å²) < 4.78 is 38.8. The van der Waals surface area contributed by atoms with Gasteiger partial charge in [0.15, 0.2) is 0 Å². The average Bonchev–Trinajstić information content (AvgIpc) is 3.06. The monoisotopic (exact) mass is 424 g/mol. The minimum absolute atomic E-state index is 0.197. The molecule has 1 aliphatic rings. The number of nitrogens with one attached hydrogen (secondary N) is 1. The number of primary amides is 1. The van der Waals surface area contributed by atoms with Gasteiger partial charge in [-0.3, -0.25) is 9.59 Å². The van der Waals surface area contributed by atoms with Crippen molar-refractivity contribution in [2.24, 2.45) is 5.73 Å². The summed E-state index contributed by atoms with van der Waals surface area (Å²) in [7, 11) is 0. The zero-order valence-electron chi connectivity index (χ0n) is 16.3. The zero-order valence-corrected chi connectivity index (χ0v) is 16.3. The van der Waals surface area contributed by atoms with Crippen molar-refractivity contribution in [1.29, 1.82) is 0 Å². The Morgan fingerprint density at radius 1 is 0.903 bits per heavy atom. The van der Waals surface area contributed by atoms with Crippen LogP contribution in [0.15, 0.2) is 72.8 Å². The number of nitrogens with two attached hydrogens (primary N) is 1. The fourth-order valence-electron chi connectivity index (χ4n) is 4.14. The molecule has 1 aliphatic carbocycles. The van der Waals surface area contributed by atoms with Gasteiger partial charge in [0.05, 0.1) is 12.0 Å². The van der Waals surface area contributed by atoms with E-state index in [0.29, 0.717) is 0 Å². The largest absolute Gasteiger partial charge is 0.416 e. The molecule has 0 spiro atoms. The number of amides is 2. The van der Waals surface area contributed by atoms with Gasteiger partial charge in [-0.1, -0.05) is 66.7 Å². The first-order valence-corrected chi connectivity index (χ1v) is 9.69. The van der Waals surface area contributed by atoms with Crippen molar-refractivity contribution in [2.45, 2.75) is 24.6 Å². The van der Waals surface area contributed by atoms with Gasteiger partial charge in [0.25, 0.3) is 0 Å². The average molecular weight is 424 g/mol. The lowest BCUT2D eigenvalue weighted by atomic mass is 9.88. The lowest BCUT2D eigenvalue weighted by Gasteiger charge is -2.24. The number of rotatable bonds is 5. The maximum atomic E-state index is 12.9. The van der Waals surface area contributed by atoms with Gasteiger partial charge in [0.2, 0.25) is 11.8 Å². The Morgan fingerprint density at radius 3 is 2.03 bits per heavy atom. The Bertz CT molecular complexity index is 1110. The Kier molecular flexibility index (Phi) is 5.27. The molecule has 0 saturated heterocycles. The molecule has 7 heteroatoms. The maximum Gasteiger partial charge on any atom is 0.416 e. The molecule has 2 amide bonds. The highest BCUT2D eigenvalue weighted by Gasteiger charge is 2.38. The molecule has 0 heterocycles. The summed E-state index contributed by atoms with van der Waals surface area (Å²) >= 11 is 0. The lowest BCUT2D eigenvalue weighted by molar-refractivity contribution is -0.137. The molecule has 0 aliphatic heterocycles. The minimum atomic E-state index is -4.50. The van der Waals surface area contributed by atoms with Crippen molar-refractivity contribution in [3.05, 3.63) is 95.1 Å². The molecule has 4 rings (SSSR count). The highest BCUT2D eigenvalue weighted by Crippen LogP contribution is 2.46. The van der Waals surface area contributed by atoms with Gasteiger partial charge in [-0.05, 0) is 33.9 Å². The van der Waals surface area contributed by atoms with Crippen molar-refractivity contribution < 1.29 is 22.8 Å². The van der Waals surface area contributed by atoms with E-state index < -0.39 is 35.5 Å². The lowest BCUT2D eigenvalue weighted by Crippen LogP contribution is -2.48.